The molecule has 1 saturated carbocycles. The van der Waals surface area contributed by atoms with E-state index in [2.05, 4.69) is 29.3 Å². The molecule has 1 aromatic rings. The van der Waals surface area contributed by atoms with Crippen LogP contribution in [0.2, 0.25) is 0 Å². The molecule has 40 heavy (non-hydrogen) atoms. The summed E-state index contributed by atoms with van der Waals surface area (Å²) in [7, 11) is 0. The molecule has 4 aliphatic rings. The van der Waals surface area contributed by atoms with E-state index < -0.39 is 17.7 Å². The SMILES string of the molecule is CCCCN1C(=O)[C@@H]([C@H](O)C2CCCCC2)NC(=O)C12CCN(Cc1ccc(OC3CCOCC3)cc1)CC2.Cl. The molecule has 1 aromatic carbocycles. The number of aliphatic hydroxyl groups is 1. The number of halogens is 1. The van der Waals surface area contributed by atoms with E-state index in [1.165, 1.54) is 12.0 Å². The number of hydrogen-bond donors (Lipinski definition) is 2. The van der Waals surface area contributed by atoms with Crippen LogP contribution in [0.1, 0.15) is 83.1 Å². The highest BCUT2D eigenvalue weighted by molar-refractivity contribution is 6.00. The lowest BCUT2D eigenvalue weighted by atomic mass is 9.78. The van der Waals surface area contributed by atoms with E-state index >= 15 is 0 Å². The Morgan fingerprint density at radius 2 is 1.73 bits per heavy atom. The fourth-order valence-corrected chi connectivity index (χ4v) is 6.95. The minimum atomic E-state index is -0.817. The predicted molar refractivity (Wildman–Crippen MR) is 157 cm³/mol. The van der Waals surface area contributed by atoms with Gasteiger partial charge < -0.3 is 24.8 Å². The van der Waals surface area contributed by atoms with Crippen molar-refractivity contribution in [2.75, 3.05) is 32.8 Å². The first-order valence-electron chi connectivity index (χ1n) is 15.4. The van der Waals surface area contributed by atoms with Crippen LogP contribution in [0.4, 0.5) is 0 Å². The number of nitrogens with one attached hydrogen (secondary N) is 1. The molecule has 2 atom stereocenters. The standard InChI is InChI=1S/C31H47N3O5.ClH/c1-2-3-17-34-29(36)27(28(35)24-7-5-4-6-8-24)32-30(37)31(34)15-18-33(19-16-31)22-23-9-11-25(12-10-23)39-26-13-20-38-21-14-26;/h9-12,24,26-28,35H,2-8,13-22H2,1H3,(H,32,37);1H/t27-,28-;/m1./s1. The van der Waals surface area contributed by atoms with Gasteiger partial charge in [0.25, 0.3) is 0 Å². The summed E-state index contributed by atoms with van der Waals surface area (Å²) in [5.41, 5.74) is 0.403. The number of unbranched alkanes of at least 4 members (excludes halogenated alkanes) is 1. The summed E-state index contributed by atoms with van der Waals surface area (Å²) in [6, 6.07) is 7.53. The smallest absolute Gasteiger partial charge is 0.248 e. The number of likely N-dealkylation sites (tertiary alicyclic amines) is 1. The first-order valence-corrected chi connectivity index (χ1v) is 15.4. The van der Waals surface area contributed by atoms with Crippen molar-refractivity contribution in [3.8, 4) is 5.75 Å². The minimum Gasteiger partial charge on any atom is -0.490 e. The van der Waals surface area contributed by atoms with E-state index in [-0.39, 0.29) is 36.2 Å². The Morgan fingerprint density at radius 1 is 1.05 bits per heavy atom. The third-order valence-corrected chi connectivity index (χ3v) is 9.45. The summed E-state index contributed by atoms with van der Waals surface area (Å²) in [6.45, 7) is 6.52. The molecule has 1 spiro atoms. The Labute approximate surface area is 245 Å². The van der Waals surface area contributed by atoms with Crippen molar-refractivity contribution in [3.63, 3.8) is 0 Å². The summed E-state index contributed by atoms with van der Waals surface area (Å²) in [5.74, 6) is 0.824. The molecule has 3 heterocycles. The number of benzene rings is 1. The molecule has 1 aliphatic carbocycles. The van der Waals surface area contributed by atoms with E-state index in [0.29, 0.717) is 19.4 Å². The lowest BCUT2D eigenvalue weighted by molar-refractivity contribution is -0.166. The Bertz CT molecular complexity index is 956. The third kappa shape index (κ3) is 6.94. The van der Waals surface area contributed by atoms with E-state index in [9.17, 15) is 14.7 Å². The average molecular weight is 578 g/mol. The van der Waals surface area contributed by atoms with Crippen LogP contribution in [0.5, 0.6) is 5.75 Å². The Balaban J connectivity index is 0.00000370. The predicted octanol–water partition coefficient (Wildman–Crippen LogP) is 4.07. The second-order valence-electron chi connectivity index (χ2n) is 12.1. The van der Waals surface area contributed by atoms with Gasteiger partial charge in [0.05, 0.1) is 19.3 Å². The molecule has 0 radical (unpaired) electrons. The van der Waals surface area contributed by atoms with Crippen molar-refractivity contribution < 1.29 is 24.2 Å². The summed E-state index contributed by atoms with van der Waals surface area (Å²) >= 11 is 0. The maximum absolute atomic E-state index is 13.8. The van der Waals surface area contributed by atoms with Gasteiger partial charge in [-0.3, -0.25) is 14.5 Å². The molecule has 3 aliphatic heterocycles. The number of ether oxygens (including phenoxy) is 2. The normalized spacial score (nSPS) is 25.4. The molecule has 224 valence electrons. The van der Waals surface area contributed by atoms with Crippen molar-refractivity contribution in [2.45, 2.75) is 108 Å². The first kappa shape index (κ1) is 31.1. The van der Waals surface area contributed by atoms with Crippen molar-refractivity contribution in [1.29, 1.82) is 0 Å². The van der Waals surface area contributed by atoms with Gasteiger partial charge in [0.2, 0.25) is 11.8 Å². The van der Waals surface area contributed by atoms with Crippen LogP contribution >= 0.6 is 12.4 Å². The van der Waals surface area contributed by atoms with Crippen molar-refractivity contribution in [1.82, 2.24) is 15.1 Å². The fourth-order valence-electron chi connectivity index (χ4n) is 6.95. The Morgan fingerprint density at radius 3 is 2.38 bits per heavy atom. The van der Waals surface area contributed by atoms with Gasteiger partial charge in [-0.25, -0.2) is 0 Å². The third-order valence-electron chi connectivity index (χ3n) is 9.45. The monoisotopic (exact) mass is 577 g/mol. The lowest BCUT2D eigenvalue weighted by Gasteiger charge is -2.52. The Hall–Kier alpha value is -1.87. The molecule has 4 fully saturated rings. The highest BCUT2D eigenvalue weighted by Crippen LogP contribution is 2.36. The van der Waals surface area contributed by atoms with E-state index in [1.807, 2.05) is 17.0 Å². The molecular formula is C31H48ClN3O5. The number of rotatable bonds is 9. The highest BCUT2D eigenvalue weighted by Gasteiger charge is 2.55. The second-order valence-corrected chi connectivity index (χ2v) is 12.1. The quantitative estimate of drug-likeness (QED) is 0.460. The Kier molecular flexibility index (Phi) is 11.1. The van der Waals surface area contributed by atoms with Gasteiger partial charge in [-0.1, -0.05) is 44.7 Å². The molecule has 8 nitrogen and oxygen atoms in total. The van der Waals surface area contributed by atoms with Gasteiger partial charge >= 0.3 is 0 Å². The number of carbonyl (C=O) groups excluding carboxylic acids is 2. The molecular weight excluding hydrogens is 530 g/mol. The maximum atomic E-state index is 13.8. The van der Waals surface area contributed by atoms with E-state index in [4.69, 9.17) is 9.47 Å². The second kappa shape index (κ2) is 14.3. The van der Waals surface area contributed by atoms with E-state index in [0.717, 1.165) is 90.0 Å². The zero-order valence-electron chi connectivity index (χ0n) is 24.0. The van der Waals surface area contributed by atoms with Gasteiger partial charge in [-0.05, 0) is 55.7 Å². The fraction of sp³-hybridized carbons (Fsp3) is 0.742. The minimum absolute atomic E-state index is 0. The average Bonchev–Trinajstić information content (AvgIpc) is 2.98. The molecule has 5 rings (SSSR count). The molecule has 0 bridgehead atoms. The zero-order valence-corrected chi connectivity index (χ0v) is 24.8. The number of piperazine rings is 1. The number of piperidine rings is 1. The first-order chi connectivity index (χ1) is 19.0. The van der Waals surface area contributed by atoms with E-state index in [1.54, 1.807) is 0 Å². The summed E-state index contributed by atoms with van der Waals surface area (Å²) in [4.78, 5) is 31.7. The molecule has 9 heteroatoms. The summed E-state index contributed by atoms with van der Waals surface area (Å²) in [5, 5.41) is 14.2. The number of amides is 2. The van der Waals surface area contributed by atoms with Crippen molar-refractivity contribution >= 4 is 24.2 Å². The maximum Gasteiger partial charge on any atom is 0.248 e. The van der Waals surface area contributed by atoms with Crippen molar-refractivity contribution in [2.24, 2.45) is 5.92 Å². The molecule has 3 saturated heterocycles. The van der Waals surface area contributed by atoms with Crippen LogP contribution in [0.25, 0.3) is 0 Å². The van der Waals surface area contributed by atoms with Crippen molar-refractivity contribution in [3.05, 3.63) is 29.8 Å². The van der Waals surface area contributed by atoms with Crippen LogP contribution in [0, 0.1) is 5.92 Å². The summed E-state index contributed by atoms with van der Waals surface area (Å²) in [6.07, 6.45) is 9.55. The van der Waals surface area contributed by atoms with Gasteiger partial charge in [-0.15, -0.1) is 12.4 Å². The van der Waals surface area contributed by atoms with Crippen LogP contribution < -0.4 is 10.1 Å². The molecule has 0 unspecified atom stereocenters. The largest absolute Gasteiger partial charge is 0.490 e. The zero-order chi connectivity index (χ0) is 27.2. The van der Waals surface area contributed by atoms with Gasteiger partial charge in [0.1, 0.15) is 23.4 Å². The van der Waals surface area contributed by atoms with Crippen LogP contribution in [-0.2, 0) is 20.9 Å². The molecule has 2 amide bonds. The van der Waals surface area contributed by atoms with Gasteiger partial charge in [0, 0.05) is 39.0 Å². The number of nitrogens with zero attached hydrogens (tertiary/aromatic N) is 2. The number of hydrogen-bond acceptors (Lipinski definition) is 6. The number of aliphatic hydroxyl groups excluding tert-OH is 1. The van der Waals surface area contributed by atoms with Gasteiger partial charge in [0.15, 0.2) is 0 Å². The molecule has 2 N–H and O–H groups in total. The van der Waals surface area contributed by atoms with Gasteiger partial charge in [-0.2, -0.15) is 0 Å². The summed E-state index contributed by atoms with van der Waals surface area (Å²) < 4.78 is 11.5. The van der Waals surface area contributed by atoms with Crippen LogP contribution in [0.15, 0.2) is 24.3 Å². The number of carbonyl (C=O) groups is 2. The topological polar surface area (TPSA) is 91.3 Å². The highest BCUT2D eigenvalue weighted by atomic mass is 35.5. The van der Waals surface area contributed by atoms with Crippen LogP contribution in [-0.4, -0.2) is 83.4 Å². The molecule has 0 aromatic heterocycles. The lowest BCUT2D eigenvalue weighted by Crippen LogP contribution is -2.75. The van der Waals surface area contributed by atoms with Crippen LogP contribution in [0.3, 0.4) is 0 Å².